The monoisotopic (exact) mass is 240 g/mol. The molecule has 1 amide bonds. The molecule has 6 heteroatoms. The van der Waals surface area contributed by atoms with Crippen LogP contribution in [0.15, 0.2) is 18.2 Å². The first-order valence-corrected chi connectivity index (χ1v) is 5.07. The van der Waals surface area contributed by atoms with Crippen molar-refractivity contribution in [3.8, 4) is 0 Å². The molecule has 92 valence electrons. The van der Waals surface area contributed by atoms with E-state index in [0.717, 1.165) is 11.0 Å². The van der Waals surface area contributed by atoms with E-state index in [1.165, 1.54) is 12.1 Å². The van der Waals surface area contributed by atoms with E-state index in [9.17, 15) is 14.0 Å². The maximum atomic E-state index is 12.9. The van der Waals surface area contributed by atoms with Crippen molar-refractivity contribution >= 4 is 11.9 Å². The number of amides is 1. The van der Waals surface area contributed by atoms with Gasteiger partial charge in [-0.3, -0.25) is 9.59 Å². The number of hydrogen-bond acceptors (Lipinski definition) is 3. The summed E-state index contributed by atoms with van der Waals surface area (Å²) in [6.45, 7) is 2.93. The van der Waals surface area contributed by atoms with E-state index in [-0.39, 0.29) is 11.7 Å². The second-order valence-corrected chi connectivity index (χ2v) is 3.77. The molecule has 1 N–H and O–H groups in total. The van der Waals surface area contributed by atoms with Gasteiger partial charge in [-0.15, -0.1) is 0 Å². The lowest BCUT2D eigenvalue weighted by Gasteiger charge is -2.24. The summed E-state index contributed by atoms with van der Waals surface area (Å²) in [5, 5.41) is 8.69. The highest BCUT2D eigenvalue weighted by molar-refractivity contribution is 5.94. The van der Waals surface area contributed by atoms with E-state index < -0.39 is 24.4 Å². The van der Waals surface area contributed by atoms with E-state index in [4.69, 9.17) is 5.11 Å². The number of carboxylic acid groups (broad SMARTS) is 1. The third-order valence-electron chi connectivity index (χ3n) is 2.12. The smallest absolute Gasteiger partial charge is 0.323 e. The van der Waals surface area contributed by atoms with Crippen LogP contribution in [0.25, 0.3) is 0 Å². The van der Waals surface area contributed by atoms with Gasteiger partial charge in [-0.05, 0) is 26.0 Å². The summed E-state index contributed by atoms with van der Waals surface area (Å²) in [6.07, 6.45) is 0. The second kappa shape index (κ2) is 5.38. The number of carbonyl (C=O) groups excluding carboxylic acids is 1. The predicted molar refractivity (Wildman–Crippen MR) is 58.0 cm³/mol. The van der Waals surface area contributed by atoms with Crippen molar-refractivity contribution in [1.29, 1.82) is 0 Å². The zero-order valence-electron chi connectivity index (χ0n) is 9.55. The summed E-state index contributed by atoms with van der Waals surface area (Å²) in [4.78, 5) is 27.1. The molecule has 0 unspecified atom stereocenters. The fourth-order valence-electron chi connectivity index (χ4n) is 1.31. The summed E-state index contributed by atoms with van der Waals surface area (Å²) in [5.74, 6) is -2.49. The van der Waals surface area contributed by atoms with Gasteiger partial charge in [0.1, 0.15) is 12.2 Å². The Balaban J connectivity index is 2.95. The van der Waals surface area contributed by atoms with Gasteiger partial charge in [-0.25, -0.2) is 4.98 Å². The normalized spacial score (nSPS) is 10.4. The van der Waals surface area contributed by atoms with Gasteiger partial charge in [0.2, 0.25) is 5.95 Å². The summed E-state index contributed by atoms with van der Waals surface area (Å²) in [5.41, 5.74) is -0.0973. The summed E-state index contributed by atoms with van der Waals surface area (Å²) >= 11 is 0. The van der Waals surface area contributed by atoms with Crippen molar-refractivity contribution in [1.82, 2.24) is 9.88 Å². The standard InChI is InChI=1S/C11H13FN2O3/c1-7(2)14(6-10(15)16)11(17)8-4-3-5-9(12)13-8/h3-5,7H,6H2,1-2H3,(H,15,16). The molecule has 0 radical (unpaired) electrons. The van der Waals surface area contributed by atoms with E-state index in [1.54, 1.807) is 13.8 Å². The van der Waals surface area contributed by atoms with E-state index in [0.29, 0.717) is 0 Å². The zero-order valence-corrected chi connectivity index (χ0v) is 9.55. The zero-order chi connectivity index (χ0) is 13.0. The van der Waals surface area contributed by atoms with Crippen LogP contribution in [0, 0.1) is 5.95 Å². The largest absolute Gasteiger partial charge is 0.480 e. The second-order valence-electron chi connectivity index (χ2n) is 3.77. The predicted octanol–water partition coefficient (Wildman–Crippen LogP) is 1.16. The Kier molecular flexibility index (Phi) is 4.14. The highest BCUT2D eigenvalue weighted by Gasteiger charge is 2.22. The number of carbonyl (C=O) groups is 2. The van der Waals surface area contributed by atoms with Crippen LogP contribution in [0.4, 0.5) is 4.39 Å². The molecule has 1 aromatic heterocycles. The third-order valence-corrected chi connectivity index (χ3v) is 2.12. The van der Waals surface area contributed by atoms with Crippen molar-refractivity contribution in [2.75, 3.05) is 6.54 Å². The Labute approximate surface area is 97.9 Å². The number of pyridine rings is 1. The highest BCUT2D eigenvalue weighted by atomic mass is 19.1. The fourth-order valence-corrected chi connectivity index (χ4v) is 1.31. The van der Waals surface area contributed by atoms with Crippen LogP contribution in [0.3, 0.4) is 0 Å². The van der Waals surface area contributed by atoms with Crippen molar-refractivity contribution < 1.29 is 19.1 Å². The lowest BCUT2D eigenvalue weighted by atomic mass is 10.2. The number of nitrogens with zero attached hydrogens (tertiary/aromatic N) is 2. The highest BCUT2D eigenvalue weighted by Crippen LogP contribution is 2.07. The lowest BCUT2D eigenvalue weighted by molar-refractivity contribution is -0.138. The van der Waals surface area contributed by atoms with Gasteiger partial charge in [0.25, 0.3) is 5.91 Å². The van der Waals surface area contributed by atoms with Crippen molar-refractivity contribution in [2.24, 2.45) is 0 Å². The number of aliphatic carboxylic acids is 1. The minimum absolute atomic E-state index is 0.0973. The Hall–Kier alpha value is -1.98. The van der Waals surface area contributed by atoms with E-state index >= 15 is 0 Å². The molecule has 0 saturated heterocycles. The maximum absolute atomic E-state index is 12.9. The molecular weight excluding hydrogens is 227 g/mol. The molecule has 0 saturated carbocycles. The third kappa shape index (κ3) is 3.51. The van der Waals surface area contributed by atoms with E-state index in [2.05, 4.69) is 4.98 Å². The molecule has 0 aliphatic rings. The van der Waals surface area contributed by atoms with E-state index in [1.807, 2.05) is 0 Å². The SMILES string of the molecule is CC(C)N(CC(=O)O)C(=O)c1cccc(F)n1. The molecule has 0 spiro atoms. The molecule has 0 aromatic carbocycles. The Morgan fingerprint density at radius 2 is 2.12 bits per heavy atom. The van der Waals surface area contributed by atoms with Crippen molar-refractivity contribution in [2.45, 2.75) is 19.9 Å². The first-order chi connectivity index (χ1) is 7.91. The van der Waals surface area contributed by atoms with Gasteiger partial charge in [-0.1, -0.05) is 6.07 Å². The summed E-state index contributed by atoms with van der Waals surface area (Å²) in [6, 6.07) is 3.52. The first-order valence-electron chi connectivity index (χ1n) is 5.07. The molecule has 1 heterocycles. The molecule has 1 rings (SSSR count). The summed E-state index contributed by atoms with van der Waals surface area (Å²) < 4.78 is 12.9. The van der Waals surface area contributed by atoms with Crippen LogP contribution >= 0.6 is 0 Å². The average molecular weight is 240 g/mol. The van der Waals surface area contributed by atoms with Crippen molar-refractivity contribution in [3.63, 3.8) is 0 Å². The van der Waals surface area contributed by atoms with Crippen LogP contribution < -0.4 is 0 Å². The number of halogens is 1. The quantitative estimate of drug-likeness (QED) is 0.801. The topological polar surface area (TPSA) is 70.5 Å². The van der Waals surface area contributed by atoms with Gasteiger partial charge >= 0.3 is 5.97 Å². The molecule has 0 atom stereocenters. The molecule has 0 bridgehead atoms. The van der Waals surface area contributed by atoms with Crippen LogP contribution in [0.2, 0.25) is 0 Å². The summed E-state index contributed by atoms with van der Waals surface area (Å²) in [7, 11) is 0. The number of hydrogen-bond donors (Lipinski definition) is 1. The van der Waals surface area contributed by atoms with Gasteiger partial charge in [0, 0.05) is 6.04 Å². The molecule has 0 fully saturated rings. The molecule has 1 aromatic rings. The van der Waals surface area contributed by atoms with Gasteiger partial charge in [0.05, 0.1) is 0 Å². The van der Waals surface area contributed by atoms with Crippen LogP contribution in [-0.2, 0) is 4.79 Å². The molecular formula is C11H13FN2O3. The Bertz CT molecular complexity index is 434. The van der Waals surface area contributed by atoms with Crippen LogP contribution in [0.1, 0.15) is 24.3 Å². The van der Waals surface area contributed by atoms with Gasteiger partial charge in [0.15, 0.2) is 0 Å². The molecule has 17 heavy (non-hydrogen) atoms. The fraction of sp³-hybridized carbons (Fsp3) is 0.364. The van der Waals surface area contributed by atoms with Gasteiger partial charge < -0.3 is 10.0 Å². The Morgan fingerprint density at radius 3 is 2.59 bits per heavy atom. The van der Waals surface area contributed by atoms with Crippen molar-refractivity contribution in [3.05, 3.63) is 29.8 Å². The first kappa shape index (κ1) is 13.1. The molecule has 5 nitrogen and oxygen atoms in total. The number of rotatable bonds is 4. The lowest BCUT2D eigenvalue weighted by Crippen LogP contribution is -2.41. The minimum atomic E-state index is -1.12. The molecule has 0 aliphatic carbocycles. The maximum Gasteiger partial charge on any atom is 0.323 e. The molecule has 0 aliphatic heterocycles. The number of carboxylic acids is 1. The minimum Gasteiger partial charge on any atom is -0.480 e. The van der Waals surface area contributed by atoms with Crippen LogP contribution in [-0.4, -0.2) is 39.5 Å². The average Bonchev–Trinajstić information content (AvgIpc) is 2.24. The Morgan fingerprint density at radius 1 is 1.47 bits per heavy atom. The van der Waals surface area contributed by atoms with Gasteiger partial charge in [-0.2, -0.15) is 4.39 Å². The number of aromatic nitrogens is 1. The van der Waals surface area contributed by atoms with Crippen LogP contribution in [0.5, 0.6) is 0 Å².